The minimum atomic E-state index is -0.691. The van der Waals surface area contributed by atoms with Gasteiger partial charge in [-0.05, 0) is 50.1 Å². The van der Waals surface area contributed by atoms with Gasteiger partial charge in [-0.25, -0.2) is 23.7 Å². The number of rotatable bonds is 6. The molecule has 154 valence electrons. The van der Waals surface area contributed by atoms with E-state index < -0.39 is 17.2 Å². The number of benzene rings is 1. The fraction of sp³-hybridized carbons (Fsp3) is 0.273. The minimum Gasteiger partial charge on any atom is -0.489 e. The average molecular weight is 410 g/mol. The maximum atomic E-state index is 13.9. The third-order valence-corrected chi connectivity index (χ3v) is 5.31. The molecule has 1 saturated carbocycles. The van der Waals surface area contributed by atoms with Crippen molar-refractivity contribution >= 4 is 11.7 Å². The van der Waals surface area contributed by atoms with Crippen LogP contribution in [0.3, 0.4) is 0 Å². The fourth-order valence-electron chi connectivity index (χ4n) is 3.59. The topological polar surface area (TPSA) is 77.0 Å². The van der Waals surface area contributed by atoms with E-state index in [0.29, 0.717) is 29.3 Å². The summed E-state index contributed by atoms with van der Waals surface area (Å²) in [4.78, 5) is 25.1. The average Bonchev–Trinajstić information content (AvgIpc) is 3.45. The van der Waals surface area contributed by atoms with Crippen molar-refractivity contribution in [2.24, 2.45) is 5.92 Å². The normalized spacial score (nSPS) is 19.9. The molecule has 30 heavy (non-hydrogen) atoms. The third kappa shape index (κ3) is 3.98. The van der Waals surface area contributed by atoms with E-state index in [1.807, 2.05) is 6.92 Å². The van der Waals surface area contributed by atoms with E-state index in [4.69, 9.17) is 4.74 Å². The van der Waals surface area contributed by atoms with Gasteiger partial charge < -0.3 is 10.1 Å². The third-order valence-electron chi connectivity index (χ3n) is 5.31. The van der Waals surface area contributed by atoms with E-state index in [2.05, 4.69) is 20.3 Å². The Kier molecular flexibility index (Phi) is 5.15. The largest absolute Gasteiger partial charge is 0.489 e. The molecule has 0 bridgehead atoms. The van der Waals surface area contributed by atoms with Crippen LogP contribution >= 0.6 is 0 Å². The highest BCUT2D eigenvalue weighted by Crippen LogP contribution is 2.55. The quantitative estimate of drug-likeness (QED) is 0.670. The van der Waals surface area contributed by atoms with Crippen molar-refractivity contribution in [1.82, 2.24) is 15.0 Å². The van der Waals surface area contributed by atoms with Crippen LogP contribution in [0.15, 0.2) is 48.8 Å². The first-order valence-corrected chi connectivity index (χ1v) is 9.49. The molecule has 1 aromatic carbocycles. The molecule has 2 atom stereocenters. The summed E-state index contributed by atoms with van der Waals surface area (Å²) in [7, 11) is 0. The van der Waals surface area contributed by atoms with Gasteiger partial charge in [0.05, 0.1) is 30.6 Å². The molecule has 6 nitrogen and oxygen atoms in total. The van der Waals surface area contributed by atoms with Crippen LogP contribution in [0, 0.1) is 31.4 Å². The molecular formula is C22H20F2N4O2. The van der Waals surface area contributed by atoms with Crippen LogP contribution in [0.5, 0.6) is 5.75 Å². The van der Waals surface area contributed by atoms with Gasteiger partial charge in [0, 0.05) is 5.41 Å². The summed E-state index contributed by atoms with van der Waals surface area (Å²) in [6, 6.07) is 8.79. The van der Waals surface area contributed by atoms with Crippen molar-refractivity contribution in [3.05, 3.63) is 77.5 Å². The smallest absolute Gasteiger partial charge is 0.229 e. The number of halogens is 2. The highest BCUT2D eigenvalue weighted by molar-refractivity contribution is 5.95. The zero-order chi connectivity index (χ0) is 21.3. The lowest BCUT2D eigenvalue weighted by Crippen LogP contribution is -2.27. The molecule has 3 aromatic rings. The van der Waals surface area contributed by atoms with Crippen molar-refractivity contribution in [1.29, 1.82) is 0 Å². The summed E-state index contributed by atoms with van der Waals surface area (Å²) in [6.07, 6.45) is 3.11. The number of ether oxygens (including phenoxy) is 1. The monoisotopic (exact) mass is 410 g/mol. The second kappa shape index (κ2) is 7.78. The Morgan fingerprint density at radius 2 is 2.00 bits per heavy atom. The Morgan fingerprint density at radius 1 is 1.17 bits per heavy atom. The predicted octanol–water partition coefficient (Wildman–Crippen LogP) is 3.74. The summed E-state index contributed by atoms with van der Waals surface area (Å²) in [5.74, 6) is -0.190. The molecule has 1 amide bonds. The first kappa shape index (κ1) is 19.9. The zero-order valence-corrected chi connectivity index (χ0v) is 16.5. The van der Waals surface area contributed by atoms with E-state index in [1.54, 1.807) is 25.3 Å². The van der Waals surface area contributed by atoms with Gasteiger partial charge in [-0.1, -0.05) is 12.1 Å². The molecule has 4 rings (SSSR count). The van der Waals surface area contributed by atoms with Gasteiger partial charge in [0.15, 0.2) is 5.75 Å². The maximum absolute atomic E-state index is 13.9. The predicted molar refractivity (Wildman–Crippen MR) is 106 cm³/mol. The number of pyridine rings is 1. The molecule has 0 spiro atoms. The van der Waals surface area contributed by atoms with Gasteiger partial charge in [-0.3, -0.25) is 4.79 Å². The van der Waals surface area contributed by atoms with E-state index in [-0.39, 0.29) is 24.1 Å². The standard InChI is InChI=1S/C22H20F2N4O2/c1-13-19(11-25-14(2)27-13)30-12-22(15-4-3-5-16(23)8-15)9-18(22)21(29)28-20-7-6-17(24)10-26-20/h3-8,10-11,18H,9,12H2,1-2H3,(H,26,28,29)/t18-,22-/m1/s1. The molecule has 1 aliphatic carbocycles. The van der Waals surface area contributed by atoms with Crippen molar-refractivity contribution in [2.45, 2.75) is 25.7 Å². The Labute approximate surface area is 172 Å². The van der Waals surface area contributed by atoms with Crippen molar-refractivity contribution in [3.63, 3.8) is 0 Å². The van der Waals surface area contributed by atoms with E-state index in [9.17, 15) is 13.6 Å². The van der Waals surface area contributed by atoms with E-state index >= 15 is 0 Å². The van der Waals surface area contributed by atoms with Crippen LogP contribution in [0.1, 0.15) is 23.5 Å². The molecule has 0 radical (unpaired) electrons. The number of nitrogens with one attached hydrogen (secondary N) is 1. The van der Waals surface area contributed by atoms with Gasteiger partial charge in [0.1, 0.15) is 23.3 Å². The molecular weight excluding hydrogens is 390 g/mol. The molecule has 0 aliphatic heterocycles. The molecule has 2 heterocycles. The van der Waals surface area contributed by atoms with Crippen LogP contribution in [0.2, 0.25) is 0 Å². The number of carbonyl (C=O) groups is 1. The van der Waals surface area contributed by atoms with Crippen LogP contribution in [0.25, 0.3) is 0 Å². The van der Waals surface area contributed by atoms with Gasteiger partial charge in [-0.15, -0.1) is 0 Å². The molecule has 8 heteroatoms. The van der Waals surface area contributed by atoms with Crippen LogP contribution in [0.4, 0.5) is 14.6 Å². The Morgan fingerprint density at radius 3 is 2.70 bits per heavy atom. The highest BCUT2D eigenvalue weighted by atomic mass is 19.1. The molecule has 0 saturated heterocycles. The van der Waals surface area contributed by atoms with Crippen molar-refractivity contribution < 1.29 is 18.3 Å². The van der Waals surface area contributed by atoms with Gasteiger partial charge in [0.25, 0.3) is 0 Å². The highest BCUT2D eigenvalue weighted by Gasteiger charge is 2.60. The van der Waals surface area contributed by atoms with Gasteiger partial charge in [-0.2, -0.15) is 0 Å². The summed E-state index contributed by atoms with van der Waals surface area (Å²) in [5.41, 5.74) is 0.679. The summed E-state index contributed by atoms with van der Waals surface area (Å²) < 4.78 is 32.9. The first-order chi connectivity index (χ1) is 14.4. The van der Waals surface area contributed by atoms with Gasteiger partial charge >= 0.3 is 0 Å². The number of aryl methyl sites for hydroxylation is 2. The lowest BCUT2D eigenvalue weighted by atomic mass is 9.93. The summed E-state index contributed by atoms with van der Waals surface area (Å²) >= 11 is 0. The van der Waals surface area contributed by atoms with Gasteiger partial charge in [0.2, 0.25) is 5.91 Å². The van der Waals surface area contributed by atoms with Crippen LogP contribution in [-0.2, 0) is 10.2 Å². The lowest BCUT2D eigenvalue weighted by molar-refractivity contribution is -0.117. The molecule has 1 aliphatic rings. The maximum Gasteiger partial charge on any atom is 0.229 e. The lowest BCUT2D eigenvalue weighted by Gasteiger charge is -2.19. The number of amides is 1. The fourth-order valence-corrected chi connectivity index (χ4v) is 3.59. The molecule has 0 unspecified atom stereocenters. The zero-order valence-electron chi connectivity index (χ0n) is 16.5. The Bertz CT molecular complexity index is 1090. The first-order valence-electron chi connectivity index (χ1n) is 9.49. The second-order valence-corrected chi connectivity index (χ2v) is 7.43. The number of nitrogens with zero attached hydrogens (tertiary/aromatic N) is 3. The molecule has 1 fully saturated rings. The Hall–Kier alpha value is -3.42. The number of carbonyl (C=O) groups excluding carboxylic acids is 1. The van der Waals surface area contributed by atoms with Crippen LogP contribution in [-0.4, -0.2) is 27.5 Å². The SMILES string of the molecule is Cc1ncc(OC[C@@]2(c3cccc(F)c3)C[C@@H]2C(=O)Nc2ccc(F)cn2)c(C)n1. The number of hydrogen-bond donors (Lipinski definition) is 1. The van der Waals surface area contributed by atoms with Crippen LogP contribution < -0.4 is 10.1 Å². The van der Waals surface area contributed by atoms with E-state index in [1.165, 1.54) is 24.3 Å². The summed E-state index contributed by atoms with van der Waals surface area (Å²) in [6.45, 7) is 3.77. The second-order valence-electron chi connectivity index (χ2n) is 7.43. The van der Waals surface area contributed by atoms with E-state index in [0.717, 1.165) is 6.20 Å². The van der Waals surface area contributed by atoms with Crippen molar-refractivity contribution in [3.8, 4) is 5.75 Å². The summed E-state index contributed by atoms with van der Waals surface area (Å²) in [5, 5.41) is 2.70. The number of anilines is 1. The Balaban J connectivity index is 1.56. The molecule has 1 N–H and O–H groups in total. The minimum absolute atomic E-state index is 0.165. The molecule has 2 aromatic heterocycles. The number of aromatic nitrogens is 3. The van der Waals surface area contributed by atoms with Crippen molar-refractivity contribution in [2.75, 3.05) is 11.9 Å². The number of hydrogen-bond acceptors (Lipinski definition) is 5.